The molecule has 144 valence electrons. The summed E-state index contributed by atoms with van der Waals surface area (Å²) >= 11 is 0. The fourth-order valence-electron chi connectivity index (χ4n) is 3.42. The van der Waals surface area contributed by atoms with Gasteiger partial charge in [0.1, 0.15) is 6.54 Å². The van der Waals surface area contributed by atoms with E-state index in [-0.39, 0.29) is 12.3 Å². The minimum atomic E-state index is -4.40. The summed E-state index contributed by atoms with van der Waals surface area (Å²) in [6.07, 6.45) is -1.87. The van der Waals surface area contributed by atoms with Crippen molar-refractivity contribution in [1.82, 2.24) is 5.32 Å². The maximum atomic E-state index is 12.7. The Morgan fingerprint density at radius 2 is 1.63 bits per heavy atom. The van der Waals surface area contributed by atoms with Gasteiger partial charge in [-0.2, -0.15) is 13.2 Å². The predicted molar refractivity (Wildman–Crippen MR) is 97.1 cm³/mol. The highest BCUT2D eigenvalue weighted by atomic mass is 19.4. The molecule has 1 saturated heterocycles. The van der Waals surface area contributed by atoms with Crippen LogP contribution in [0.5, 0.6) is 0 Å². The van der Waals surface area contributed by atoms with Crippen molar-refractivity contribution >= 4 is 5.91 Å². The number of rotatable bonds is 6. The summed E-state index contributed by atoms with van der Waals surface area (Å²) in [5.41, 5.74) is 1.88. The monoisotopic (exact) mass is 377 g/mol. The first-order valence-corrected chi connectivity index (χ1v) is 9.24. The molecule has 2 aromatic carbocycles. The first-order chi connectivity index (χ1) is 12.9. The quantitative estimate of drug-likeness (QED) is 0.798. The normalized spacial score (nSPS) is 15.1. The number of quaternary nitrogens is 1. The fourth-order valence-corrected chi connectivity index (χ4v) is 3.42. The van der Waals surface area contributed by atoms with Gasteiger partial charge in [0.05, 0.1) is 25.1 Å². The van der Waals surface area contributed by atoms with E-state index in [4.69, 9.17) is 0 Å². The minimum absolute atomic E-state index is 0.0691. The van der Waals surface area contributed by atoms with Gasteiger partial charge in [0.25, 0.3) is 0 Å². The van der Waals surface area contributed by atoms with Crippen LogP contribution in [0.3, 0.4) is 0 Å². The molecule has 0 aliphatic carbocycles. The van der Waals surface area contributed by atoms with Crippen LogP contribution in [0.15, 0.2) is 48.5 Å². The highest BCUT2D eigenvalue weighted by Gasteiger charge is 2.30. The van der Waals surface area contributed by atoms with E-state index in [1.165, 1.54) is 43.6 Å². The Balaban J connectivity index is 1.49. The molecule has 0 radical (unpaired) electrons. The third-order valence-electron chi connectivity index (χ3n) is 4.90. The van der Waals surface area contributed by atoms with Gasteiger partial charge in [-0.1, -0.05) is 42.5 Å². The predicted octanol–water partition coefficient (Wildman–Crippen LogP) is 2.74. The van der Waals surface area contributed by atoms with Gasteiger partial charge in [-0.3, -0.25) is 4.79 Å². The van der Waals surface area contributed by atoms with Gasteiger partial charge >= 0.3 is 6.18 Å². The van der Waals surface area contributed by atoms with Crippen molar-refractivity contribution < 1.29 is 22.9 Å². The molecule has 0 spiro atoms. The smallest absolute Gasteiger partial charge is 0.352 e. The second kappa shape index (κ2) is 8.57. The van der Waals surface area contributed by atoms with Crippen molar-refractivity contribution in [2.24, 2.45) is 0 Å². The largest absolute Gasteiger partial charge is 0.416 e. The van der Waals surface area contributed by atoms with E-state index in [0.717, 1.165) is 24.2 Å². The summed E-state index contributed by atoms with van der Waals surface area (Å²) in [7, 11) is 0. The fraction of sp³-hybridized carbons (Fsp3) is 0.381. The number of nitrogens with one attached hydrogen (secondary N) is 2. The number of halogens is 3. The maximum Gasteiger partial charge on any atom is 0.416 e. The number of carbonyl (C=O) groups excluding carboxylic acids is 1. The number of hydrogen-bond acceptors (Lipinski definition) is 1. The topological polar surface area (TPSA) is 33.5 Å². The first kappa shape index (κ1) is 19.4. The van der Waals surface area contributed by atoms with Crippen molar-refractivity contribution in [2.45, 2.75) is 38.5 Å². The Labute approximate surface area is 157 Å². The molecule has 0 aromatic heterocycles. The van der Waals surface area contributed by atoms with Gasteiger partial charge in [-0.25, -0.2) is 0 Å². The van der Waals surface area contributed by atoms with Gasteiger partial charge in [0.2, 0.25) is 5.91 Å². The van der Waals surface area contributed by atoms with Gasteiger partial charge < -0.3 is 10.2 Å². The Morgan fingerprint density at radius 1 is 0.963 bits per heavy atom. The number of alkyl halides is 3. The standard InChI is InChI=1S/C21H23F3N2O/c22-21(23,24)19-5-3-4-18(12-19)13-20(27)25-14-16-6-8-17(9-7-16)15-26-10-1-2-11-26/h3-9,12H,1-2,10-11,13-15H2,(H,25,27)/p+1. The third kappa shape index (κ3) is 5.82. The van der Waals surface area contributed by atoms with E-state index in [1.807, 2.05) is 12.1 Å². The highest BCUT2D eigenvalue weighted by molar-refractivity contribution is 5.78. The number of hydrogen-bond donors (Lipinski definition) is 2. The van der Waals surface area contributed by atoms with Crippen molar-refractivity contribution in [3.63, 3.8) is 0 Å². The lowest BCUT2D eigenvalue weighted by Crippen LogP contribution is -3.08. The van der Waals surface area contributed by atoms with Crippen LogP contribution in [0.4, 0.5) is 13.2 Å². The van der Waals surface area contributed by atoms with E-state index < -0.39 is 11.7 Å². The third-order valence-corrected chi connectivity index (χ3v) is 4.90. The molecule has 1 aliphatic heterocycles. The number of benzene rings is 2. The molecule has 0 bridgehead atoms. The molecule has 2 aromatic rings. The van der Waals surface area contributed by atoms with Crippen LogP contribution in [-0.2, 0) is 30.5 Å². The summed E-state index contributed by atoms with van der Waals surface area (Å²) in [5.74, 6) is -0.292. The van der Waals surface area contributed by atoms with E-state index in [9.17, 15) is 18.0 Å². The highest BCUT2D eigenvalue weighted by Crippen LogP contribution is 2.29. The molecular formula is C21H24F3N2O+. The molecular weight excluding hydrogens is 353 g/mol. The zero-order valence-corrected chi connectivity index (χ0v) is 15.1. The lowest BCUT2D eigenvalue weighted by Gasteiger charge is -2.12. The summed E-state index contributed by atoms with van der Waals surface area (Å²) < 4.78 is 38.2. The minimum Gasteiger partial charge on any atom is -0.352 e. The van der Waals surface area contributed by atoms with E-state index >= 15 is 0 Å². The van der Waals surface area contributed by atoms with E-state index in [2.05, 4.69) is 17.4 Å². The summed E-state index contributed by atoms with van der Waals surface area (Å²) in [6.45, 7) is 3.86. The van der Waals surface area contributed by atoms with Crippen LogP contribution in [0.25, 0.3) is 0 Å². The van der Waals surface area contributed by atoms with Crippen molar-refractivity contribution in [2.75, 3.05) is 13.1 Å². The molecule has 27 heavy (non-hydrogen) atoms. The molecule has 0 saturated carbocycles. The van der Waals surface area contributed by atoms with Gasteiger partial charge in [-0.15, -0.1) is 0 Å². The number of likely N-dealkylation sites (tertiary alicyclic amines) is 1. The molecule has 1 amide bonds. The lowest BCUT2D eigenvalue weighted by atomic mass is 10.1. The Morgan fingerprint density at radius 3 is 2.30 bits per heavy atom. The van der Waals surface area contributed by atoms with Crippen molar-refractivity contribution in [3.8, 4) is 0 Å². The average Bonchev–Trinajstić information content (AvgIpc) is 3.14. The van der Waals surface area contributed by atoms with Crippen LogP contribution < -0.4 is 10.2 Å². The molecule has 3 nitrogen and oxygen atoms in total. The zero-order chi connectivity index (χ0) is 19.3. The molecule has 1 heterocycles. The van der Waals surface area contributed by atoms with Gasteiger partial charge in [0, 0.05) is 24.9 Å². The maximum absolute atomic E-state index is 12.7. The summed E-state index contributed by atoms with van der Waals surface area (Å²) in [4.78, 5) is 13.7. The van der Waals surface area contributed by atoms with E-state index in [0.29, 0.717) is 12.1 Å². The van der Waals surface area contributed by atoms with Gasteiger partial charge in [0.15, 0.2) is 0 Å². The summed E-state index contributed by atoms with van der Waals surface area (Å²) in [6, 6.07) is 13.0. The van der Waals surface area contributed by atoms with Crippen LogP contribution in [-0.4, -0.2) is 19.0 Å². The summed E-state index contributed by atoms with van der Waals surface area (Å²) in [5, 5.41) is 2.77. The van der Waals surface area contributed by atoms with Crippen LogP contribution >= 0.6 is 0 Å². The first-order valence-electron chi connectivity index (χ1n) is 9.24. The molecule has 6 heteroatoms. The molecule has 0 atom stereocenters. The second-order valence-corrected chi connectivity index (χ2v) is 7.10. The molecule has 1 aliphatic rings. The van der Waals surface area contributed by atoms with Gasteiger partial charge in [-0.05, 0) is 17.2 Å². The van der Waals surface area contributed by atoms with Crippen LogP contribution in [0, 0.1) is 0 Å². The lowest BCUT2D eigenvalue weighted by molar-refractivity contribution is -0.901. The number of amides is 1. The number of carbonyl (C=O) groups is 1. The zero-order valence-electron chi connectivity index (χ0n) is 15.1. The van der Waals surface area contributed by atoms with Crippen LogP contribution in [0.1, 0.15) is 35.1 Å². The molecule has 2 N–H and O–H groups in total. The Kier molecular flexibility index (Phi) is 6.16. The molecule has 1 fully saturated rings. The average molecular weight is 377 g/mol. The SMILES string of the molecule is O=C(Cc1cccc(C(F)(F)F)c1)NCc1ccc(C[NH+]2CCCC2)cc1. The van der Waals surface area contributed by atoms with Crippen LogP contribution in [0.2, 0.25) is 0 Å². The Bertz CT molecular complexity index is 766. The molecule has 0 unspecified atom stereocenters. The van der Waals surface area contributed by atoms with Crippen molar-refractivity contribution in [1.29, 1.82) is 0 Å². The molecule has 3 rings (SSSR count). The second-order valence-electron chi connectivity index (χ2n) is 7.10. The van der Waals surface area contributed by atoms with E-state index in [1.54, 1.807) is 4.90 Å². The Hall–Kier alpha value is -2.34. The van der Waals surface area contributed by atoms with Crippen molar-refractivity contribution in [3.05, 3.63) is 70.8 Å².